The Balaban J connectivity index is 1.93. The van der Waals surface area contributed by atoms with E-state index in [1.165, 1.54) is 0 Å². The molecular weight excluding hydrogens is 246 g/mol. The molecule has 0 aliphatic heterocycles. The minimum Gasteiger partial charge on any atom is -0.481 e. The molecule has 1 N–H and O–H groups in total. The lowest BCUT2D eigenvalue weighted by Crippen LogP contribution is -2.36. The van der Waals surface area contributed by atoms with Crippen molar-refractivity contribution in [1.82, 2.24) is 4.90 Å². The van der Waals surface area contributed by atoms with Gasteiger partial charge in [-0.3, -0.25) is 9.59 Å². The first-order valence-corrected chi connectivity index (χ1v) is 6.58. The first kappa shape index (κ1) is 13.6. The van der Waals surface area contributed by atoms with Crippen molar-refractivity contribution in [3.8, 4) is 0 Å². The Morgan fingerprint density at radius 1 is 1.42 bits per heavy atom. The molecule has 1 heterocycles. The molecule has 1 aromatic rings. The number of carboxylic acid groups (broad SMARTS) is 1. The second-order valence-corrected chi connectivity index (χ2v) is 5.17. The largest absolute Gasteiger partial charge is 0.481 e. The standard InChI is InChI=1S/C14H19NO4/c1-15(9-12-6-3-7-19-12)13(16)10-4-2-5-11(8-10)14(17)18/h3,6-7,10-11H,2,4-5,8-9H2,1H3,(H,17,18). The fourth-order valence-electron chi connectivity index (χ4n) is 2.66. The lowest BCUT2D eigenvalue weighted by Gasteiger charge is -2.29. The van der Waals surface area contributed by atoms with E-state index < -0.39 is 5.97 Å². The van der Waals surface area contributed by atoms with Crippen LogP contribution in [0.3, 0.4) is 0 Å². The maximum Gasteiger partial charge on any atom is 0.306 e. The van der Waals surface area contributed by atoms with Crippen LogP contribution in [-0.4, -0.2) is 28.9 Å². The van der Waals surface area contributed by atoms with Crippen molar-refractivity contribution in [3.05, 3.63) is 24.2 Å². The summed E-state index contributed by atoms with van der Waals surface area (Å²) in [4.78, 5) is 24.9. The molecule has 1 aliphatic carbocycles. The minimum atomic E-state index is -0.786. The van der Waals surface area contributed by atoms with Gasteiger partial charge < -0.3 is 14.4 Å². The Labute approximate surface area is 112 Å². The summed E-state index contributed by atoms with van der Waals surface area (Å²) in [7, 11) is 1.73. The molecular formula is C14H19NO4. The Morgan fingerprint density at radius 2 is 2.16 bits per heavy atom. The van der Waals surface area contributed by atoms with Gasteiger partial charge in [-0.05, 0) is 31.4 Å². The van der Waals surface area contributed by atoms with E-state index in [1.54, 1.807) is 24.3 Å². The molecule has 1 saturated carbocycles. The third kappa shape index (κ3) is 3.36. The molecule has 1 aromatic heterocycles. The fraction of sp³-hybridized carbons (Fsp3) is 0.571. The molecule has 0 bridgehead atoms. The van der Waals surface area contributed by atoms with Crippen LogP contribution in [-0.2, 0) is 16.1 Å². The van der Waals surface area contributed by atoms with Gasteiger partial charge in [0, 0.05) is 13.0 Å². The van der Waals surface area contributed by atoms with Gasteiger partial charge >= 0.3 is 5.97 Å². The van der Waals surface area contributed by atoms with Crippen LogP contribution in [0.15, 0.2) is 22.8 Å². The molecule has 2 atom stereocenters. The summed E-state index contributed by atoms with van der Waals surface area (Å²) < 4.78 is 5.21. The van der Waals surface area contributed by atoms with E-state index in [4.69, 9.17) is 9.52 Å². The Bertz CT molecular complexity index is 440. The highest BCUT2D eigenvalue weighted by Gasteiger charge is 2.32. The Morgan fingerprint density at radius 3 is 2.79 bits per heavy atom. The molecule has 0 saturated heterocycles. The number of hydrogen-bond acceptors (Lipinski definition) is 3. The molecule has 1 fully saturated rings. The quantitative estimate of drug-likeness (QED) is 0.905. The van der Waals surface area contributed by atoms with E-state index in [0.29, 0.717) is 19.4 Å². The summed E-state index contributed by atoms with van der Waals surface area (Å²) in [5.74, 6) is -0.579. The maximum atomic E-state index is 12.3. The minimum absolute atomic E-state index is 0.0161. The van der Waals surface area contributed by atoms with Crippen molar-refractivity contribution < 1.29 is 19.1 Å². The van der Waals surface area contributed by atoms with Gasteiger partial charge in [0.05, 0.1) is 18.7 Å². The lowest BCUT2D eigenvalue weighted by atomic mass is 9.81. The normalized spacial score (nSPS) is 23.0. The van der Waals surface area contributed by atoms with Crippen molar-refractivity contribution >= 4 is 11.9 Å². The van der Waals surface area contributed by atoms with E-state index in [9.17, 15) is 9.59 Å². The summed E-state index contributed by atoms with van der Waals surface area (Å²) in [5, 5.41) is 9.04. The molecule has 5 heteroatoms. The Kier molecular flexibility index (Phi) is 4.24. The van der Waals surface area contributed by atoms with Gasteiger partial charge in [0.15, 0.2) is 0 Å². The van der Waals surface area contributed by atoms with Crippen molar-refractivity contribution in [2.24, 2.45) is 11.8 Å². The maximum absolute atomic E-state index is 12.3. The van der Waals surface area contributed by atoms with Gasteiger partial charge in [0.2, 0.25) is 5.91 Å². The van der Waals surface area contributed by atoms with E-state index in [-0.39, 0.29) is 17.7 Å². The molecule has 2 rings (SSSR count). The first-order valence-electron chi connectivity index (χ1n) is 6.58. The highest BCUT2D eigenvalue weighted by atomic mass is 16.4. The predicted molar refractivity (Wildman–Crippen MR) is 68.3 cm³/mol. The lowest BCUT2D eigenvalue weighted by molar-refractivity contribution is -0.145. The predicted octanol–water partition coefficient (Wildman–Crippen LogP) is 2.13. The number of furan rings is 1. The van der Waals surface area contributed by atoms with Gasteiger partial charge in [-0.15, -0.1) is 0 Å². The van der Waals surface area contributed by atoms with Crippen LogP contribution in [0.1, 0.15) is 31.4 Å². The van der Waals surface area contributed by atoms with Crippen LogP contribution >= 0.6 is 0 Å². The van der Waals surface area contributed by atoms with E-state index in [2.05, 4.69) is 0 Å². The highest BCUT2D eigenvalue weighted by molar-refractivity contribution is 5.80. The van der Waals surface area contributed by atoms with Crippen molar-refractivity contribution in [2.45, 2.75) is 32.2 Å². The average Bonchev–Trinajstić information content (AvgIpc) is 2.90. The third-order valence-electron chi connectivity index (χ3n) is 3.72. The molecule has 2 unspecified atom stereocenters. The summed E-state index contributed by atoms with van der Waals surface area (Å²) in [5.41, 5.74) is 0. The highest BCUT2D eigenvalue weighted by Crippen LogP contribution is 2.30. The number of amides is 1. The molecule has 1 amide bonds. The number of carbonyl (C=O) groups excluding carboxylic acids is 1. The SMILES string of the molecule is CN(Cc1ccco1)C(=O)C1CCCC(C(=O)O)C1. The molecule has 5 nitrogen and oxygen atoms in total. The van der Waals surface area contributed by atoms with Gasteiger partial charge in [0.25, 0.3) is 0 Å². The van der Waals surface area contributed by atoms with Gasteiger partial charge in [-0.25, -0.2) is 0 Å². The van der Waals surface area contributed by atoms with Gasteiger partial charge in [-0.2, -0.15) is 0 Å². The zero-order valence-corrected chi connectivity index (χ0v) is 11.0. The zero-order chi connectivity index (χ0) is 13.8. The molecule has 19 heavy (non-hydrogen) atoms. The first-order chi connectivity index (χ1) is 9.08. The fourth-order valence-corrected chi connectivity index (χ4v) is 2.66. The number of nitrogens with zero attached hydrogens (tertiary/aromatic N) is 1. The van der Waals surface area contributed by atoms with E-state index >= 15 is 0 Å². The van der Waals surface area contributed by atoms with E-state index in [0.717, 1.165) is 18.6 Å². The van der Waals surface area contributed by atoms with Crippen LogP contribution in [0.25, 0.3) is 0 Å². The average molecular weight is 265 g/mol. The number of aliphatic carboxylic acids is 1. The smallest absolute Gasteiger partial charge is 0.306 e. The van der Waals surface area contributed by atoms with Crippen LogP contribution in [0.5, 0.6) is 0 Å². The third-order valence-corrected chi connectivity index (χ3v) is 3.72. The number of rotatable bonds is 4. The monoisotopic (exact) mass is 265 g/mol. The second kappa shape index (κ2) is 5.91. The summed E-state index contributed by atoms with van der Waals surface area (Å²) in [6.45, 7) is 0.431. The number of carboxylic acids is 1. The van der Waals surface area contributed by atoms with Crippen molar-refractivity contribution in [3.63, 3.8) is 0 Å². The summed E-state index contributed by atoms with van der Waals surface area (Å²) in [6, 6.07) is 3.61. The molecule has 1 aliphatic rings. The van der Waals surface area contributed by atoms with Crippen molar-refractivity contribution in [2.75, 3.05) is 7.05 Å². The Hall–Kier alpha value is -1.78. The van der Waals surface area contributed by atoms with Crippen LogP contribution in [0.4, 0.5) is 0 Å². The number of hydrogen-bond donors (Lipinski definition) is 1. The molecule has 0 spiro atoms. The van der Waals surface area contributed by atoms with Crippen LogP contribution < -0.4 is 0 Å². The topological polar surface area (TPSA) is 70.8 Å². The van der Waals surface area contributed by atoms with Crippen LogP contribution in [0.2, 0.25) is 0 Å². The number of carbonyl (C=O) groups is 2. The van der Waals surface area contributed by atoms with Crippen LogP contribution in [0, 0.1) is 11.8 Å². The molecule has 0 aromatic carbocycles. The van der Waals surface area contributed by atoms with Crippen molar-refractivity contribution in [1.29, 1.82) is 0 Å². The van der Waals surface area contributed by atoms with Gasteiger partial charge in [-0.1, -0.05) is 6.42 Å². The second-order valence-electron chi connectivity index (χ2n) is 5.17. The van der Waals surface area contributed by atoms with E-state index in [1.807, 2.05) is 6.07 Å². The van der Waals surface area contributed by atoms with Gasteiger partial charge in [0.1, 0.15) is 5.76 Å². The zero-order valence-electron chi connectivity index (χ0n) is 11.0. The summed E-state index contributed by atoms with van der Waals surface area (Å²) in [6.07, 6.45) is 4.31. The molecule has 104 valence electrons. The summed E-state index contributed by atoms with van der Waals surface area (Å²) >= 11 is 0. The molecule has 0 radical (unpaired) electrons.